The van der Waals surface area contributed by atoms with Gasteiger partial charge in [0.05, 0.1) is 19.8 Å². The second-order valence-electron chi connectivity index (χ2n) is 5.12. The largest absolute Gasteiger partial charge is 0.493 e. The second-order valence-corrected chi connectivity index (χ2v) is 6.99. The van der Waals surface area contributed by atoms with Crippen molar-refractivity contribution in [3.8, 4) is 17.6 Å². The standard InChI is InChI=1S/C17H13F3N2O4S/c1-25-14-5-3-11(8-15(14)26-2)7-13(9-21)27(23,24)16-6-4-12(10-22-16)17(18,19)20/h3-8,10H,1-2H3. The molecule has 27 heavy (non-hydrogen) atoms. The van der Waals surface area contributed by atoms with Crippen molar-refractivity contribution in [2.45, 2.75) is 11.2 Å². The van der Waals surface area contributed by atoms with Crippen molar-refractivity contribution in [1.29, 1.82) is 5.26 Å². The quantitative estimate of drug-likeness (QED) is 0.717. The normalized spacial score (nSPS) is 12.4. The molecule has 10 heteroatoms. The molecule has 0 saturated carbocycles. The lowest BCUT2D eigenvalue weighted by Crippen LogP contribution is -2.09. The summed E-state index contributed by atoms with van der Waals surface area (Å²) in [5.41, 5.74) is -0.775. The molecule has 0 spiro atoms. The Morgan fingerprint density at radius 3 is 2.30 bits per heavy atom. The van der Waals surface area contributed by atoms with Crippen LogP contribution in [0.3, 0.4) is 0 Å². The average molecular weight is 398 g/mol. The Morgan fingerprint density at radius 1 is 1.15 bits per heavy atom. The Kier molecular flexibility index (Phi) is 5.75. The Morgan fingerprint density at radius 2 is 1.81 bits per heavy atom. The maximum absolute atomic E-state index is 12.6. The van der Waals surface area contributed by atoms with Gasteiger partial charge in [0.15, 0.2) is 21.4 Å². The molecule has 1 aromatic heterocycles. The second kappa shape index (κ2) is 7.67. The Balaban J connectivity index is 2.47. The summed E-state index contributed by atoms with van der Waals surface area (Å²) >= 11 is 0. The summed E-state index contributed by atoms with van der Waals surface area (Å²) < 4.78 is 73.0. The minimum atomic E-state index is -4.65. The average Bonchev–Trinajstić information content (AvgIpc) is 2.65. The van der Waals surface area contributed by atoms with Gasteiger partial charge < -0.3 is 9.47 Å². The number of nitriles is 1. The topological polar surface area (TPSA) is 89.3 Å². The van der Waals surface area contributed by atoms with Crippen molar-refractivity contribution >= 4 is 15.9 Å². The summed E-state index contributed by atoms with van der Waals surface area (Å²) in [6.07, 6.45) is -3.18. The highest BCUT2D eigenvalue weighted by atomic mass is 32.2. The van der Waals surface area contributed by atoms with Crippen LogP contribution in [0, 0.1) is 11.3 Å². The predicted octanol–water partition coefficient (Wildman–Crippen LogP) is 3.46. The van der Waals surface area contributed by atoms with E-state index in [1.807, 2.05) is 0 Å². The number of nitrogens with zero attached hydrogens (tertiary/aromatic N) is 2. The lowest BCUT2D eigenvalue weighted by atomic mass is 10.2. The third-order valence-corrected chi connectivity index (χ3v) is 5.02. The molecule has 0 radical (unpaired) electrons. The van der Waals surface area contributed by atoms with Gasteiger partial charge in [-0.25, -0.2) is 13.4 Å². The molecule has 0 N–H and O–H groups in total. The highest BCUT2D eigenvalue weighted by Gasteiger charge is 2.32. The molecule has 0 bridgehead atoms. The molecule has 0 aliphatic rings. The van der Waals surface area contributed by atoms with E-state index in [1.165, 1.54) is 38.5 Å². The van der Waals surface area contributed by atoms with E-state index >= 15 is 0 Å². The first kappa shape index (κ1) is 20.3. The lowest BCUT2D eigenvalue weighted by Gasteiger charge is -2.09. The van der Waals surface area contributed by atoms with Crippen LogP contribution in [0.5, 0.6) is 11.5 Å². The molecule has 2 rings (SSSR count). The lowest BCUT2D eigenvalue weighted by molar-refractivity contribution is -0.137. The maximum atomic E-state index is 12.6. The van der Waals surface area contributed by atoms with Crippen LogP contribution in [0.15, 0.2) is 46.5 Å². The molecule has 1 aromatic carbocycles. The van der Waals surface area contributed by atoms with Crippen LogP contribution in [0.1, 0.15) is 11.1 Å². The van der Waals surface area contributed by atoms with Gasteiger partial charge in [-0.1, -0.05) is 6.07 Å². The highest BCUT2D eigenvalue weighted by Crippen LogP contribution is 2.31. The zero-order chi connectivity index (χ0) is 20.2. The predicted molar refractivity (Wildman–Crippen MR) is 89.6 cm³/mol. The first-order valence-corrected chi connectivity index (χ1v) is 8.74. The number of aromatic nitrogens is 1. The summed E-state index contributed by atoms with van der Waals surface area (Å²) in [6, 6.07) is 7.30. The number of hydrogen-bond acceptors (Lipinski definition) is 6. The third-order valence-electron chi connectivity index (χ3n) is 3.44. The van der Waals surface area contributed by atoms with E-state index in [1.54, 1.807) is 0 Å². The van der Waals surface area contributed by atoms with Crippen molar-refractivity contribution in [1.82, 2.24) is 4.98 Å². The monoisotopic (exact) mass is 398 g/mol. The van der Waals surface area contributed by atoms with Crippen molar-refractivity contribution in [2.75, 3.05) is 14.2 Å². The van der Waals surface area contributed by atoms with Gasteiger partial charge in [0, 0.05) is 6.20 Å². The zero-order valence-electron chi connectivity index (χ0n) is 14.1. The number of alkyl halides is 3. The van der Waals surface area contributed by atoms with E-state index in [9.17, 15) is 26.9 Å². The van der Waals surface area contributed by atoms with Crippen LogP contribution in [0.4, 0.5) is 13.2 Å². The number of methoxy groups -OCH3 is 2. The zero-order valence-corrected chi connectivity index (χ0v) is 14.9. The highest BCUT2D eigenvalue weighted by molar-refractivity contribution is 7.95. The molecule has 0 aliphatic heterocycles. The van der Waals surface area contributed by atoms with Crippen molar-refractivity contribution in [3.63, 3.8) is 0 Å². The van der Waals surface area contributed by atoms with Gasteiger partial charge in [-0.2, -0.15) is 18.4 Å². The summed E-state index contributed by atoms with van der Waals surface area (Å²) in [4.78, 5) is 2.67. The number of sulfone groups is 1. The molecule has 2 aromatic rings. The minimum Gasteiger partial charge on any atom is -0.493 e. The Labute approximate surface area is 153 Å². The van der Waals surface area contributed by atoms with Gasteiger partial charge in [-0.05, 0) is 35.9 Å². The fourth-order valence-electron chi connectivity index (χ4n) is 2.08. The molecule has 0 atom stereocenters. The molecule has 0 unspecified atom stereocenters. The number of allylic oxidation sites excluding steroid dienone is 1. The SMILES string of the molecule is COc1ccc(C=C(C#N)S(=O)(=O)c2ccc(C(F)(F)F)cn2)cc1OC. The van der Waals surface area contributed by atoms with Gasteiger partial charge in [0.25, 0.3) is 0 Å². The molecular formula is C17H13F3N2O4S. The van der Waals surface area contributed by atoms with Crippen molar-refractivity contribution in [3.05, 3.63) is 52.6 Å². The number of pyridine rings is 1. The van der Waals surface area contributed by atoms with Crippen molar-refractivity contribution in [2.24, 2.45) is 0 Å². The summed E-state index contributed by atoms with van der Waals surface area (Å²) in [6.45, 7) is 0. The number of halogens is 3. The van der Waals surface area contributed by atoms with Gasteiger partial charge in [0.2, 0.25) is 9.84 Å². The van der Waals surface area contributed by atoms with Crippen LogP contribution in [0.25, 0.3) is 6.08 Å². The fraction of sp³-hybridized carbons (Fsp3) is 0.176. The smallest absolute Gasteiger partial charge is 0.417 e. The van der Waals surface area contributed by atoms with E-state index < -0.39 is 31.5 Å². The van der Waals surface area contributed by atoms with Crippen LogP contribution in [-0.2, 0) is 16.0 Å². The van der Waals surface area contributed by atoms with Crippen molar-refractivity contribution < 1.29 is 31.1 Å². The number of rotatable bonds is 5. The van der Waals surface area contributed by atoms with E-state index in [2.05, 4.69) is 4.98 Å². The maximum Gasteiger partial charge on any atom is 0.417 e. The summed E-state index contributed by atoms with van der Waals surface area (Å²) in [7, 11) is -1.58. The van der Waals surface area contributed by atoms with E-state index in [-0.39, 0.29) is 0 Å². The molecule has 0 fully saturated rings. The molecule has 142 valence electrons. The van der Waals surface area contributed by atoms with Gasteiger partial charge in [-0.15, -0.1) is 0 Å². The molecule has 0 amide bonds. The first-order chi connectivity index (χ1) is 12.6. The van der Waals surface area contributed by atoms with Crippen LogP contribution < -0.4 is 9.47 Å². The van der Waals surface area contributed by atoms with Crippen LogP contribution >= 0.6 is 0 Å². The third kappa shape index (κ3) is 4.38. The number of ether oxygens (including phenoxy) is 2. The first-order valence-electron chi connectivity index (χ1n) is 7.25. The van der Waals surface area contributed by atoms with E-state index in [0.717, 1.165) is 6.08 Å². The minimum absolute atomic E-state index is 0.314. The fourth-order valence-corrected chi connectivity index (χ4v) is 3.16. The summed E-state index contributed by atoms with van der Waals surface area (Å²) in [5.74, 6) is 0.717. The van der Waals surface area contributed by atoms with Gasteiger partial charge in [-0.3, -0.25) is 0 Å². The van der Waals surface area contributed by atoms with Crippen LogP contribution in [0.2, 0.25) is 0 Å². The molecule has 0 saturated heterocycles. The van der Waals surface area contributed by atoms with Crippen LogP contribution in [-0.4, -0.2) is 27.6 Å². The van der Waals surface area contributed by atoms with E-state index in [0.29, 0.717) is 35.4 Å². The number of benzene rings is 1. The van der Waals surface area contributed by atoms with E-state index in [4.69, 9.17) is 9.47 Å². The van der Waals surface area contributed by atoms with Gasteiger partial charge in [0.1, 0.15) is 6.07 Å². The summed E-state index contributed by atoms with van der Waals surface area (Å²) in [5, 5.41) is 8.57. The number of hydrogen-bond donors (Lipinski definition) is 0. The molecule has 6 nitrogen and oxygen atoms in total. The Hall–Kier alpha value is -3.06. The van der Waals surface area contributed by atoms with Gasteiger partial charge >= 0.3 is 6.18 Å². The molecule has 0 aliphatic carbocycles. The Bertz CT molecular complexity index is 1010. The molecule has 1 heterocycles. The molecular weight excluding hydrogens is 385 g/mol.